The maximum Gasteiger partial charge on any atom is 0.298 e. The van der Waals surface area contributed by atoms with E-state index in [-0.39, 0.29) is 17.0 Å². The van der Waals surface area contributed by atoms with Crippen LogP contribution in [0.1, 0.15) is 37.7 Å². The number of sulfonamides is 1. The van der Waals surface area contributed by atoms with Crippen LogP contribution in [0.25, 0.3) is 0 Å². The fourth-order valence-corrected chi connectivity index (χ4v) is 3.37. The number of aliphatic imine (C=N–C) groups is 1. The Morgan fingerprint density at radius 2 is 1.81 bits per heavy atom. The second-order valence-corrected chi connectivity index (χ2v) is 7.03. The van der Waals surface area contributed by atoms with Gasteiger partial charge < -0.3 is 4.74 Å². The quantitative estimate of drug-likeness (QED) is 0.689. The van der Waals surface area contributed by atoms with Gasteiger partial charge in [0.15, 0.2) is 0 Å². The maximum absolute atomic E-state index is 12.3. The molecule has 0 heterocycles. The van der Waals surface area contributed by atoms with Gasteiger partial charge in [-0.15, -0.1) is 0 Å². The van der Waals surface area contributed by atoms with Crippen molar-refractivity contribution in [2.24, 2.45) is 4.99 Å². The van der Waals surface area contributed by atoms with E-state index in [4.69, 9.17) is 4.74 Å². The lowest BCUT2D eigenvalue weighted by molar-refractivity contribution is 0.371. The zero-order chi connectivity index (χ0) is 15.3. The molecule has 1 aromatic rings. The minimum atomic E-state index is -3.64. The molecule has 1 aliphatic carbocycles. The van der Waals surface area contributed by atoms with Crippen molar-refractivity contribution < 1.29 is 13.2 Å². The Labute approximate surface area is 126 Å². The van der Waals surface area contributed by atoms with E-state index in [1.807, 2.05) is 6.92 Å². The number of amidine groups is 1. The Bertz CT molecular complexity index is 588. The fraction of sp³-hybridized carbons (Fsp3) is 0.533. The molecule has 0 aromatic heterocycles. The van der Waals surface area contributed by atoms with Gasteiger partial charge in [0.1, 0.15) is 0 Å². The van der Waals surface area contributed by atoms with Gasteiger partial charge in [0.25, 0.3) is 16.0 Å². The summed E-state index contributed by atoms with van der Waals surface area (Å²) in [6, 6.07) is 6.90. The molecule has 0 unspecified atom stereocenters. The molecule has 2 rings (SSSR count). The Kier molecular flexibility index (Phi) is 5.22. The lowest BCUT2D eigenvalue weighted by Gasteiger charge is -2.19. The van der Waals surface area contributed by atoms with Gasteiger partial charge in [-0.05, 0) is 31.9 Å². The van der Waals surface area contributed by atoms with Crippen LogP contribution in [0.15, 0.2) is 34.2 Å². The van der Waals surface area contributed by atoms with Crippen molar-refractivity contribution >= 4 is 16.0 Å². The number of methoxy groups -OCH3 is 1. The van der Waals surface area contributed by atoms with Crippen LogP contribution in [0, 0.1) is 6.92 Å². The molecule has 116 valence electrons. The molecule has 0 atom stereocenters. The van der Waals surface area contributed by atoms with Gasteiger partial charge in [-0.25, -0.2) is 18.1 Å². The van der Waals surface area contributed by atoms with Crippen LogP contribution in [0.2, 0.25) is 0 Å². The van der Waals surface area contributed by atoms with Gasteiger partial charge in [0, 0.05) is 0 Å². The monoisotopic (exact) mass is 310 g/mol. The minimum Gasteiger partial charge on any atom is -0.468 e. The number of rotatable bonds is 3. The number of ether oxygens (including phenoxy) is 1. The SMILES string of the molecule is COC(=NC1CCCCC1)NS(=O)(=O)c1ccc(C)cc1. The Morgan fingerprint density at radius 3 is 2.38 bits per heavy atom. The van der Waals surface area contributed by atoms with Crippen molar-refractivity contribution in [1.82, 2.24) is 4.72 Å². The predicted octanol–water partition coefficient (Wildman–Crippen LogP) is 2.61. The molecule has 0 saturated heterocycles. The lowest BCUT2D eigenvalue weighted by atomic mass is 9.96. The van der Waals surface area contributed by atoms with Crippen LogP contribution < -0.4 is 4.72 Å². The molecule has 1 saturated carbocycles. The highest BCUT2D eigenvalue weighted by molar-refractivity contribution is 7.90. The third-order valence-corrected chi connectivity index (χ3v) is 4.96. The molecule has 1 aromatic carbocycles. The van der Waals surface area contributed by atoms with Crippen molar-refractivity contribution in [3.63, 3.8) is 0 Å². The number of nitrogens with zero attached hydrogens (tertiary/aromatic N) is 1. The van der Waals surface area contributed by atoms with E-state index in [1.54, 1.807) is 24.3 Å². The molecule has 21 heavy (non-hydrogen) atoms. The van der Waals surface area contributed by atoms with Crippen molar-refractivity contribution in [1.29, 1.82) is 0 Å². The Balaban J connectivity index is 2.12. The van der Waals surface area contributed by atoms with E-state index in [2.05, 4.69) is 9.71 Å². The smallest absolute Gasteiger partial charge is 0.298 e. The molecule has 5 nitrogen and oxygen atoms in total. The van der Waals surface area contributed by atoms with E-state index in [0.717, 1.165) is 31.2 Å². The number of benzene rings is 1. The van der Waals surface area contributed by atoms with E-state index >= 15 is 0 Å². The highest BCUT2D eigenvalue weighted by atomic mass is 32.2. The van der Waals surface area contributed by atoms with Crippen LogP contribution in [-0.4, -0.2) is 27.6 Å². The third-order valence-electron chi connectivity index (χ3n) is 3.62. The average Bonchev–Trinajstić information content (AvgIpc) is 2.48. The molecule has 0 amide bonds. The summed E-state index contributed by atoms with van der Waals surface area (Å²) >= 11 is 0. The number of nitrogens with one attached hydrogen (secondary N) is 1. The first-order valence-electron chi connectivity index (χ1n) is 7.22. The second kappa shape index (κ2) is 6.93. The zero-order valence-electron chi connectivity index (χ0n) is 12.5. The summed E-state index contributed by atoms with van der Waals surface area (Å²) in [4.78, 5) is 4.60. The normalized spacial score (nSPS) is 17.5. The van der Waals surface area contributed by atoms with E-state index in [1.165, 1.54) is 13.5 Å². The highest BCUT2D eigenvalue weighted by Crippen LogP contribution is 2.20. The van der Waals surface area contributed by atoms with E-state index in [9.17, 15) is 8.42 Å². The van der Waals surface area contributed by atoms with Gasteiger partial charge in [-0.2, -0.15) is 0 Å². The van der Waals surface area contributed by atoms with Crippen LogP contribution in [0.4, 0.5) is 0 Å². The zero-order valence-corrected chi connectivity index (χ0v) is 13.3. The summed E-state index contributed by atoms with van der Waals surface area (Å²) in [7, 11) is -2.22. The highest BCUT2D eigenvalue weighted by Gasteiger charge is 2.19. The molecule has 6 heteroatoms. The summed E-state index contributed by atoms with van der Waals surface area (Å²) in [6.07, 6.45) is 5.47. The number of hydrogen-bond donors (Lipinski definition) is 1. The molecular weight excluding hydrogens is 288 g/mol. The molecule has 1 aliphatic rings. The summed E-state index contributed by atoms with van der Waals surface area (Å²) in [5.41, 5.74) is 1.01. The Hall–Kier alpha value is -1.56. The Morgan fingerprint density at radius 1 is 1.19 bits per heavy atom. The van der Waals surface area contributed by atoms with Crippen LogP contribution in [0.3, 0.4) is 0 Å². The van der Waals surface area contributed by atoms with Crippen LogP contribution in [-0.2, 0) is 14.8 Å². The van der Waals surface area contributed by atoms with E-state index in [0.29, 0.717) is 0 Å². The molecular formula is C15H22N2O3S. The van der Waals surface area contributed by atoms with Crippen molar-refractivity contribution in [3.05, 3.63) is 29.8 Å². The van der Waals surface area contributed by atoms with Crippen LogP contribution in [0.5, 0.6) is 0 Å². The standard InChI is InChI=1S/C15H22N2O3S/c1-12-8-10-14(11-9-12)21(18,19)17-15(20-2)16-13-6-4-3-5-7-13/h8-11,13H,3-7H2,1-2H3,(H,16,17). The van der Waals surface area contributed by atoms with Gasteiger partial charge >= 0.3 is 0 Å². The molecule has 0 radical (unpaired) electrons. The summed E-state index contributed by atoms with van der Waals surface area (Å²) in [5.74, 6) is 0. The largest absolute Gasteiger partial charge is 0.468 e. The van der Waals surface area contributed by atoms with Crippen molar-refractivity contribution in [2.45, 2.75) is 50.0 Å². The lowest BCUT2D eigenvalue weighted by Crippen LogP contribution is -2.33. The first-order chi connectivity index (χ1) is 10.0. The topological polar surface area (TPSA) is 67.8 Å². The summed E-state index contributed by atoms with van der Waals surface area (Å²) in [6.45, 7) is 1.91. The first-order valence-corrected chi connectivity index (χ1v) is 8.71. The van der Waals surface area contributed by atoms with Gasteiger partial charge in [0.05, 0.1) is 18.0 Å². The maximum atomic E-state index is 12.3. The molecule has 0 bridgehead atoms. The summed E-state index contributed by atoms with van der Waals surface area (Å²) < 4.78 is 32.1. The second-order valence-electron chi connectivity index (χ2n) is 5.35. The molecule has 0 aliphatic heterocycles. The first kappa shape index (κ1) is 15.8. The third kappa shape index (κ3) is 4.46. The molecule has 0 spiro atoms. The average molecular weight is 310 g/mol. The van der Waals surface area contributed by atoms with Crippen molar-refractivity contribution in [2.75, 3.05) is 7.11 Å². The fourth-order valence-electron chi connectivity index (χ4n) is 2.39. The predicted molar refractivity (Wildman–Crippen MR) is 82.8 cm³/mol. The number of hydrogen-bond acceptors (Lipinski definition) is 4. The minimum absolute atomic E-state index is 0.0717. The number of aryl methyl sites for hydroxylation is 1. The van der Waals surface area contributed by atoms with Crippen LogP contribution >= 0.6 is 0 Å². The van der Waals surface area contributed by atoms with Gasteiger partial charge in [-0.1, -0.05) is 37.0 Å². The summed E-state index contributed by atoms with van der Waals surface area (Å²) in [5, 5.41) is 0. The molecule has 1 N–H and O–H groups in total. The van der Waals surface area contributed by atoms with Gasteiger partial charge in [0.2, 0.25) is 0 Å². The molecule has 1 fully saturated rings. The van der Waals surface area contributed by atoms with E-state index < -0.39 is 10.0 Å². The van der Waals surface area contributed by atoms with Crippen molar-refractivity contribution in [3.8, 4) is 0 Å². The van der Waals surface area contributed by atoms with Gasteiger partial charge in [-0.3, -0.25) is 0 Å².